The molecule has 0 aliphatic heterocycles. The van der Waals surface area contributed by atoms with Crippen molar-refractivity contribution in [1.82, 2.24) is 4.98 Å². The number of esters is 1. The zero-order valence-electron chi connectivity index (χ0n) is 9.95. The fourth-order valence-corrected chi connectivity index (χ4v) is 1.40. The van der Waals surface area contributed by atoms with Gasteiger partial charge in [-0.05, 0) is 0 Å². The minimum absolute atomic E-state index is 0.0823. The van der Waals surface area contributed by atoms with Gasteiger partial charge in [-0.3, -0.25) is 9.78 Å². The van der Waals surface area contributed by atoms with Crippen molar-refractivity contribution in [3.63, 3.8) is 0 Å². The average molecular weight is 279 g/mol. The number of anilines is 1. The van der Waals surface area contributed by atoms with Gasteiger partial charge in [-0.15, -0.1) is 13.2 Å². The number of alkyl halides is 3. The monoisotopic (exact) mass is 279 g/mol. The van der Waals surface area contributed by atoms with E-state index in [0.29, 0.717) is 0 Å². The minimum atomic E-state index is -4.94. The second kappa shape index (κ2) is 5.74. The summed E-state index contributed by atoms with van der Waals surface area (Å²) in [6.07, 6.45) is -4.41. The predicted molar refractivity (Wildman–Crippen MR) is 58.9 cm³/mol. The third-order valence-corrected chi connectivity index (χ3v) is 2.20. The van der Waals surface area contributed by atoms with Crippen LogP contribution in [0.3, 0.4) is 0 Å². The molecule has 1 rings (SSSR count). The van der Waals surface area contributed by atoms with Gasteiger partial charge in [-0.25, -0.2) is 0 Å². The maximum Gasteiger partial charge on any atom is 0.573 e. The van der Waals surface area contributed by atoms with Gasteiger partial charge in [0.15, 0.2) is 5.75 Å². The summed E-state index contributed by atoms with van der Waals surface area (Å²) < 4.78 is 45.1. The fraction of sp³-hybridized carbons (Fsp3) is 0.400. The molecule has 0 radical (unpaired) electrons. The van der Waals surface area contributed by atoms with Gasteiger partial charge in [0.1, 0.15) is 0 Å². The molecule has 106 valence electrons. The Kier molecular flexibility index (Phi) is 4.54. The van der Waals surface area contributed by atoms with Crippen LogP contribution in [0.4, 0.5) is 18.9 Å². The number of carbonyl (C=O) groups excluding carboxylic acids is 1. The van der Waals surface area contributed by atoms with E-state index in [1.54, 1.807) is 0 Å². The van der Waals surface area contributed by atoms with E-state index >= 15 is 0 Å². The number of halogens is 3. The van der Waals surface area contributed by atoms with Crippen molar-refractivity contribution in [2.24, 2.45) is 5.73 Å². The van der Waals surface area contributed by atoms with Crippen molar-refractivity contribution in [2.75, 3.05) is 12.8 Å². The van der Waals surface area contributed by atoms with Crippen LogP contribution in [0, 0.1) is 0 Å². The Morgan fingerprint density at radius 2 is 2.11 bits per heavy atom. The largest absolute Gasteiger partial charge is 0.573 e. The van der Waals surface area contributed by atoms with E-state index < -0.39 is 24.5 Å². The Bertz CT molecular complexity index is 477. The summed E-state index contributed by atoms with van der Waals surface area (Å²) in [4.78, 5) is 15.0. The molecule has 0 aliphatic rings. The van der Waals surface area contributed by atoms with Crippen molar-refractivity contribution >= 4 is 11.7 Å². The van der Waals surface area contributed by atoms with E-state index in [4.69, 9.17) is 11.5 Å². The van der Waals surface area contributed by atoms with Crippen LogP contribution in [0.25, 0.3) is 0 Å². The number of ether oxygens (including phenoxy) is 2. The van der Waals surface area contributed by atoms with Gasteiger partial charge in [0.2, 0.25) is 0 Å². The summed E-state index contributed by atoms with van der Waals surface area (Å²) in [6.45, 7) is -0.166. The third-order valence-electron chi connectivity index (χ3n) is 2.20. The van der Waals surface area contributed by atoms with Crippen LogP contribution in [0.5, 0.6) is 5.75 Å². The number of hydrogen-bond donors (Lipinski definition) is 2. The number of pyridine rings is 1. The standard InChI is InChI=1S/C10H12F3N3O3/c1-18-8(17)2-5-7(3-14)16-4-6(15)9(5)19-10(11,12)13/h4H,2-3,14-15H2,1H3. The zero-order chi connectivity index (χ0) is 14.6. The molecule has 0 aliphatic carbocycles. The lowest BCUT2D eigenvalue weighted by atomic mass is 10.1. The highest BCUT2D eigenvalue weighted by Gasteiger charge is 2.34. The molecule has 0 atom stereocenters. The summed E-state index contributed by atoms with van der Waals surface area (Å²) in [5, 5.41) is 0. The second-order valence-electron chi connectivity index (χ2n) is 3.47. The fourth-order valence-electron chi connectivity index (χ4n) is 1.40. The lowest BCUT2D eigenvalue weighted by Gasteiger charge is -2.16. The molecule has 1 aromatic heterocycles. The minimum Gasteiger partial charge on any atom is -0.469 e. The third kappa shape index (κ3) is 3.98. The molecule has 1 heterocycles. The average Bonchev–Trinajstić information content (AvgIpc) is 2.32. The summed E-state index contributed by atoms with van der Waals surface area (Å²) in [6, 6.07) is 0. The molecule has 0 aromatic carbocycles. The molecule has 0 unspecified atom stereocenters. The number of carbonyl (C=O) groups is 1. The van der Waals surface area contributed by atoms with E-state index in [-0.39, 0.29) is 23.5 Å². The maximum absolute atomic E-state index is 12.3. The molecule has 0 fully saturated rings. The van der Waals surface area contributed by atoms with Crippen LogP contribution in [0.1, 0.15) is 11.3 Å². The number of nitrogens with zero attached hydrogens (tertiary/aromatic N) is 1. The van der Waals surface area contributed by atoms with Crippen molar-refractivity contribution < 1.29 is 27.4 Å². The first-order valence-electron chi connectivity index (χ1n) is 5.07. The van der Waals surface area contributed by atoms with Crippen LogP contribution in [0.15, 0.2) is 6.20 Å². The number of nitrogens with two attached hydrogens (primary N) is 2. The van der Waals surface area contributed by atoms with Gasteiger partial charge in [0.25, 0.3) is 0 Å². The molecule has 9 heteroatoms. The van der Waals surface area contributed by atoms with Crippen molar-refractivity contribution in [3.8, 4) is 5.75 Å². The van der Waals surface area contributed by atoms with Crippen LogP contribution in [-0.2, 0) is 22.5 Å². The summed E-state index contributed by atoms with van der Waals surface area (Å²) in [5.74, 6) is -1.43. The van der Waals surface area contributed by atoms with E-state index in [0.717, 1.165) is 13.3 Å². The molecule has 4 N–H and O–H groups in total. The van der Waals surface area contributed by atoms with E-state index in [9.17, 15) is 18.0 Å². The molecule has 0 spiro atoms. The number of methoxy groups -OCH3 is 1. The van der Waals surface area contributed by atoms with E-state index in [1.165, 1.54) is 0 Å². The second-order valence-corrected chi connectivity index (χ2v) is 3.47. The Labute approximate surface area is 106 Å². The highest BCUT2D eigenvalue weighted by atomic mass is 19.4. The predicted octanol–water partition coefficient (Wildman–Crippen LogP) is 0.737. The Balaban J connectivity index is 3.28. The van der Waals surface area contributed by atoms with Gasteiger partial charge in [0, 0.05) is 12.1 Å². The Morgan fingerprint density at radius 3 is 2.58 bits per heavy atom. The molecule has 6 nitrogen and oxygen atoms in total. The molecular weight excluding hydrogens is 267 g/mol. The highest BCUT2D eigenvalue weighted by molar-refractivity contribution is 5.75. The molecular formula is C10H12F3N3O3. The number of aromatic nitrogens is 1. The lowest BCUT2D eigenvalue weighted by Crippen LogP contribution is -2.21. The SMILES string of the molecule is COC(=O)Cc1c(CN)ncc(N)c1OC(F)(F)F. The van der Waals surface area contributed by atoms with Gasteiger partial charge in [0.05, 0.1) is 31.1 Å². The van der Waals surface area contributed by atoms with E-state index in [1.807, 2.05) is 0 Å². The van der Waals surface area contributed by atoms with E-state index in [2.05, 4.69) is 14.5 Å². The Hall–Kier alpha value is -2.03. The van der Waals surface area contributed by atoms with Crippen LogP contribution >= 0.6 is 0 Å². The first-order chi connectivity index (χ1) is 8.78. The Morgan fingerprint density at radius 1 is 1.47 bits per heavy atom. The normalized spacial score (nSPS) is 11.2. The van der Waals surface area contributed by atoms with Gasteiger partial charge < -0.3 is 20.9 Å². The van der Waals surface area contributed by atoms with Crippen LogP contribution in [-0.4, -0.2) is 24.4 Å². The van der Waals surface area contributed by atoms with Crippen molar-refractivity contribution in [2.45, 2.75) is 19.3 Å². The molecule has 0 saturated heterocycles. The summed E-state index contributed by atoms with van der Waals surface area (Å²) >= 11 is 0. The smallest absolute Gasteiger partial charge is 0.469 e. The first-order valence-corrected chi connectivity index (χ1v) is 5.07. The molecule has 1 aromatic rings. The maximum atomic E-state index is 12.3. The molecule has 19 heavy (non-hydrogen) atoms. The van der Waals surface area contributed by atoms with Crippen molar-refractivity contribution in [3.05, 3.63) is 17.5 Å². The van der Waals surface area contributed by atoms with Gasteiger partial charge >= 0.3 is 12.3 Å². The highest BCUT2D eigenvalue weighted by Crippen LogP contribution is 2.33. The topological polar surface area (TPSA) is 100 Å². The zero-order valence-corrected chi connectivity index (χ0v) is 9.95. The number of nitrogen functional groups attached to an aromatic ring is 1. The lowest BCUT2D eigenvalue weighted by molar-refractivity contribution is -0.274. The van der Waals surface area contributed by atoms with Gasteiger partial charge in [-0.1, -0.05) is 0 Å². The number of hydrogen-bond acceptors (Lipinski definition) is 6. The quantitative estimate of drug-likeness (QED) is 0.788. The number of rotatable bonds is 4. The van der Waals surface area contributed by atoms with Gasteiger partial charge in [-0.2, -0.15) is 0 Å². The first kappa shape index (κ1) is 15.0. The molecule has 0 saturated carbocycles. The summed E-state index contributed by atoms with van der Waals surface area (Å²) in [5.41, 5.74) is 10.4. The molecule has 0 bridgehead atoms. The van der Waals surface area contributed by atoms with Crippen LogP contribution < -0.4 is 16.2 Å². The molecule has 0 amide bonds. The van der Waals surface area contributed by atoms with Crippen LogP contribution in [0.2, 0.25) is 0 Å². The van der Waals surface area contributed by atoms with Crippen molar-refractivity contribution in [1.29, 1.82) is 0 Å². The summed E-state index contributed by atoms with van der Waals surface area (Å²) in [7, 11) is 1.11.